The molecule has 1 heterocycles. The van der Waals surface area contributed by atoms with Gasteiger partial charge in [0, 0.05) is 5.69 Å². The van der Waals surface area contributed by atoms with E-state index in [0.29, 0.717) is 6.42 Å². The first-order valence-electron chi connectivity index (χ1n) is 7.39. The van der Waals surface area contributed by atoms with Gasteiger partial charge in [0.15, 0.2) is 0 Å². The number of thiazole rings is 1. The van der Waals surface area contributed by atoms with Crippen LogP contribution < -0.4 is 5.32 Å². The molecule has 3 aromatic rings. The normalized spacial score (nSPS) is 10.8. The summed E-state index contributed by atoms with van der Waals surface area (Å²) in [6.45, 7) is 4.11. The minimum absolute atomic E-state index is 0.00448. The van der Waals surface area contributed by atoms with Crippen molar-refractivity contribution < 1.29 is 4.79 Å². The van der Waals surface area contributed by atoms with Crippen LogP contribution >= 0.6 is 11.3 Å². The number of hydrogen-bond acceptors (Lipinski definition) is 3. The summed E-state index contributed by atoms with van der Waals surface area (Å²) < 4.78 is 1.10. The highest BCUT2D eigenvalue weighted by molar-refractivity contribution is 7.18. The molecule has 3 nitrogen and oxygen atoms in total. The fourth-order valence-electron chi connectivity index (χ4n) is 2.40. The van der Waals surface area contributed by atoms with Crippen LogP contribution in [0.2, 0.25) is 0 Å². The van der Waals surface area contributed by atoms with Crippen LogP contribution in [0.3, 0.4) is 0 Å². The second kappa shape index (κ2) is 6.28. The first-order valence-corrected chi connectivity index (χ1v) is 8.20. The number of nitrogens with one attached hydrogen (secondary N) is 1. The van der Waals surface area contributed by atoms with Gasteiger partial charge in [-0.1, -0.05) is 31.2 Å². The third kappa shape index (κ3) is 3.34. The summed E-state index contributed by atoms with van der Waals surface area (Å²) in [5, 5.41) is 4.00. The third-order valence-electron chi connectivity index (χ3n) is 3.58. The van der Waals surface area contributed by atoms with Crippen LogP contribution in [-0.4, -0.2) is 10.9 Å². The molecule has 112 valence electrons. The first-order chi connectivity index (χ1) is 10.6. The van der Waals surface area contributed by atoms with E-state index in [0.717, 1.165) is 32.9 Å². The molecule has 0 aliphatic rings. The average molecular weight is 310 g/mol. The molecule has 0 saturated heterocycles. The van der Waals surface area contributed by atoms with Crippen molar-refractivity contribution in [2.45, 2.75) is 26.7 Å². The van der Waals surface area contributed by atoms with Crippen molar-refractivity contribution in [2.75, 3.05) is 5.32 Å². The van der Waals surface area contributed by atoms with Gasteiger partial charge in [-0.05, 0) is 42.7 Å². The third-order valence-corrected chi connectivity index (χ3v) is 4.51. The Morgan fingerprint density at radius 1 is 1.14 bits per heavy atom. The number of anilines is 1. The smallest absolute Gasteiger partial charge is 0.228 e. The maximum absolute atomic E-state index is 12.2. The monoisotopic (exact) mass is 310 g/mol. The number of rotatable bonds is 4. The van der Waals surface area contributed by atoms with E-state index < -0.39 is 0 Å². The van der Waals surface area contributed by atoms with Gasteiger partial charge < -0.3 is 5.32 Å². The molecule has 0 bridgehead atoms. The maximum atomic E-state index is 12.2. The molecule has 4 heteroatoms. The van der Waals surface area contributed by atoms with E-state index in [1.54, 1.807) is 11.3 Å². The molecule has 0 unspecified atom stereocenters. The van der Waals surface area contributed by atoms with Gasteiger partial charge >= 0.3 is 0 Å². The first kappa shape index (κ1) is 14.7. The van der Waals surface area contributed by atoms with Gasteiger partial charge in [0.1, 0.15) is 0 Å². The van der Waals surface area contributed by atoms with Gasteiger partial charge in [0.05, 0.1) is 21.6 Å². The van der Waals surface area contributed by atoms with Gasteiger partial charge in [0.2, 0.25) is 5.91 Å². The van der Waals surface area contributed by atoms with Crippen LogP contribution in [0.1, 0.15) is 23.1 Å². The zero-order valence-corrected chi connectivity index (χ0v) is 13.5. The summed E-state index contributed by atoms with van der Waals surface area (Å²) in [5.41, 5.74) is 4.13. The van der Waals surface area contributed by atoms with Crippen LogP contribution in [0.5, 0.6) is 0 Å². The van der Waals surface area contributed by atoms with E-state index in [2.05, 4.69) is 29.4 Å². The van der Waals surface area contributed by atoms with E-state index in [-0.39, 0.29) is 5.91 Å². The molecule has 0 fully saturated rings. The molecular weight excluding hydrogens is 292 g/mol. The van der Waals surface area contributed by atoms with Crippen LogP contribution in [0, 0.1) is 6.92 Å². The van der Waals surface area contributed by atoms with E-state index in [1.807, 2.05) is 37.3 Å². The lowest BCUT2D eigenvalue weighted by atomic mass is 10.1. The number of hydrogen-bond donors (Lipinski definition) is 1. The van der Waals surface area contributed by atoms with Gasteiger partial charge in [-0.25, -0.2) is 4.98 Å². The summed E-state index contributed by atoms with van der Waals surface area (Å²) in [6, 6.07) is 14.0. The molecule has 1 N–H and O–H groups in total. The number of aromatic nitrogens is 1. The fraction of sp³-hybridized carbons (Fsp3) is 0.222. The molecule has 3 rings (SSSR count). The minimum atomic E-state index is 0.00448. The topological polar surface area (TPSA) is 42.0 Å². The Morgan fingerprint density at radius 3 is 2.59 bits per heavy atom. The lowest BCUT2D eigenvalue weighted by molar-refractivity contribution is -0.115. The van der Waals surface area contributed by atoms with E-state index >= 15 is 0 Å². The molecule has 0 spiro atoms. The van der Waals surface area contributed by atoms with Crippen molar-refractivity contribution in [3.05, 3.63) is 58.6 Å². The highest BCUT2D eigenvalue weighted by Crippen LogP contribution is 2.24. The number of carbonyl (C=O) groups is 1. The highest BCUT2D eigenvalue weighted by Gasteiger charge is 2.06. The Kier molecular flexibility index (Phi) is 4.20. The largest absolute Gasteiger partial charge is 0.326 e. The van der Waals surface area contributed by atoms with Crippen molar-refractivity contribution >= 4 is 33.1 Å². The molecule has 0 radical (unpaired) electrons. The van der Waals surface area contributed by atoms with Crippen molar-refractivity contribution in [2.24, 2.45) is 0 Å². The molecule has 22 heavy (non-hydrogen) atoms. The van der Waals surface area contributed by atoms with Crippen LogP contribution in [0.4, 0.5) is 5.69 Å². The average Bonchev–Trinajstić information content (AvgIpc) is 2.87. The minimum Gasteiger partial charge on any atom is -0.326 e. The molecule has 1 aromatic heterocycles. The lowest BCUT2D eigenvalue weighted by Crippen LogP contribution is -2.14. The number of benzene rings is 2. The standard InChI is InChI=1S/C18H18N2OS/c1-3-13-4-6-14(7-5-13)10-18(21)20-15-8-9-16-17(11-15)22-12(2)19-16/h4-9,11H,3,10H2,1-2H3,(H,20,21). The van der Waals surface area contributed by atoms with Crippen molar-refractivity contribution in [3.63, 3.8) is 0 Å². The van der Waals surface area contributed by atoms with Gasteiger partial charge in [-0.2, -0.15) is 0 Å². The highest BCUT2D eigenvalue weighted by atomic mass is 32.1. The zero-order valence-electron chi connectivity index (χ0n) is 12.7. The summed E-state index contributed by atoms with van der Waals surface area (Å²) in [5.74, 6) is 0.00448. The molecule has 0 saturated carbocycles. The maximum Gasteiger partial charge on any atom is 0.228 e. The van der Waals surface area contributed by atoms with E-state index in [9.17, 15) is 4.79 Å². The molecular formula is C18H18N2OS. The summed E-state index contributed by atoms with van der Waals surface area (Å²) in [6.07, 6.45) is 1.41. The second-order valence-electron chi connectivity index (χ2n) is 5.31. The van der Waals surface area contributed by atoms with Gasteiger partial charge in [-0.3, -0.25) is 4.79 Å². The van der Waals surface area contributed by atoms with Crippen LogP contribution in [-0.2, 0) is 17.6 Å². The van der Waals surface area contributed by atoms with Gasteiger partial charge in [0.25, 0.3) is 0 Å². The van der Waals surface area contributed by atoms with Crippen molar-refractivity contribution in [1.82, 2.24) is 4.98 Å². The Labute approximate surface area is 134 Å². The van der Waals surface area contributed by atoms with E-state index in [1.165, 1.54) is 5.56 Å². The Morgan fingerprint density at radius 2 is 1.86 bits per heavy atom. The Bertz CT molecular complexity index is 806. The SMILES string of the molecule is CCc1ccc(CC(=O)Nc2ccc3nc(C)sc3c2)cc1. The van der Waals surface area contributed by atoms with Crippen LogP contribution in [0.25, 0.3) is 10.2 Å². The molecule has 0 atom stereocenters. The number of aryl methyl sites for hydroxylation is 2. The van der Waals surface area contributed by atoms with Crippen molar-refractivity contribution in [3.8, 4) is 0 Å². The van der Waals surface area contributed by atoms with Crippen LogP contribution in [0.15, 0.2) is 42.5 Å². The lowest BCUT2D eigenvalue weighted by Gasteiger charge is -2.06. The number of fused-ring (bicyclic) bond motifs is 1. The van der Waals surface area contributed by atoms with Gasteiger partial charge in [-0.15, -0.1) is 11.3 Å². The molecule has 0 aliphatic heterocycles. The predicted octanol–water partition coefficient (Wildman–Crippen LogP) is 4.35. The number of amides is 1. The zero-order chi connectivity index (χ0) is 15.5. The predicted molar refractivity (Wildman–Crippen MR) is 92.5 cm³/mol. The second-order valence-corrected chi connectivity index (χ2v) is 6.55. The summed E-state index contributed by atoms with van der Waals surface area (Å²) >= 11 is 1.64. The summed E-state index contributed by atoms with van der Waals surface area (Å²) in [7, 11) is 0. The summed E-state index contributed by atoms with van der Waals surface area (Å²) in [4.78, 5) is 16.6. The Balaban J connectivity index is 1.69. The molecule has 1 amide bonds. The number of carbonyl (C=O) groups excluding carboxylic acids is 1. The van der Waals surface area contributed by atoms with Crippen molar-refractivity contribution in [1.29, 1.82) is 0 Å². The number of nitrogens with zero attached hydrogens (tertiary/aromatic N) is 1. The molecule has 0 aliphatic carbocycles. The quantitative estimate of drug-likeness (QED) is 0.778. The fourth-order valence-corrected chi connectivity index (χ4v) is 3.27. The Hall–Kier alpha value is -2.20. The van der Waals surface area contributed by atoms with E-state index in [4.69, 9.17) is 0 Å². The molecule has 2 aromatic carbocycles.